The van der Waals surface area contributed by atoms with Gasteiger partial charge in [0.05, 0.1) is 4.92 Å². The Morgan fingerprint density at radius 1 is 1.14 bits per heavy atom. The first-order valence-electron chi connectivity index (χ1n) is 13.9. The fourth-order valence-corrected chi connectivity index (χ4v) is 7.39. The Kier molecular flexibility index (Phi) is 8.50. The minimum absolute atomic E-state index is 0.0948. The first-order chi connectivity index (χ1) is 20.9. The third-order valence-corrected chi connectivity index (χ3v) is 9.53. The van der Waals surface area contributed by atoms with E-state index < -0.39 is 69.0 Å². The number of nitro benzene ring substituents is 1. The van der Waals surface area contributed by atoms with E-state index in [1.54, 1.807) is 44.2 Å². The normalized spacial score (nSPS) is 24.1. The Balaban J connectivity index is 1.25. The zero-order chi connectivity index (χ0) is 31.8. The number of carboxylic acids is 1. The van der Waals surface area contributed by atoms with Gasteiger partial charge in [0, 0.05) is 23.4 Å². The Morgan fingerprint density at radius 2 is 1.82 bits per heavy atom. The second kappa shape index (κ2) is 12.1. The van der Waals surface area contributed by atoms with Crippen LogP contribution in [-0.2, 0) is 30.5 Å². The molecule has 2 aromatic carbocycles. The van der Waals surface area contributed by atoms with Crippen molar-refractivity contribution < 1.29 is 38.7 Å². The van der Waals surface area contributed by atoms with Crippen molar-refractivity contribution in [1.29, 1.82) is 0 Å². The standard InChI is InChI=1S/C29H31N5O9S/c1-29(2)22(27(38)39)33-25(37)21(26(33)44-29)31-24(36)20(17-7-4-3-5-8-17)30-23(35)19-9-6-14-32(19)28(40)43-15-16-10-12-18(13-11-16)34(41)42/h3-5,7-8,10-13,19-22,26H,6,9,14-15H2,1-2H3,(H,30,35)(H,31,36)(H,38,39)/t19-,20?,21+,22-,26+/m0/s1. The van der Waals surface area contributed by atoms with Gasteiger partial charge in [-0.1, -0.05) is 30.3 Å². The minimum Gasteiger partial charge on any atom is -0.480 e. The molecule has 4 amide bonds. The summed E-state index contributed by atoms with van der Waals surface area (Å²) in [5.74, 6) is -2.86. The van der Waals surface area contributed by atoms with Gasteiger partial charge in [-0.15, -0.1) is 11.8 Å². The number of β-lactam (4-membered cyclic amide) rings is 1. The number of non-ortho nitro benzene ring substituents is 1. The van der Waals surface area contributed by atoms with Crippen LogP contribution in [0.1, 0.15) is 43.9 Å². The third kappa shape index (κ3) is 5.91. The van der Waals surface area contributed by atoms with Crippen LogP contribution in [0.5, 0.6) is 0 Å². The number of thioether (sulfide) groups is 1. The Bertz CT molecular complexity index is 1490. The van der Waals surface area contributed by atoms with Crippen molar-refractivity contribution in [3.63, 3.8) is 0 Å². The van der Waals surface area contributed by atoms with E-state index >= 15 is 0 Å². The maximum Gasteiger partial charge on any atom is 0.410 e. The average Bonchev–Trinajstić information content (AvgIpc) is 3.59. The van der Waals surface area contributed by atoms with Crippen LogP contribution in [0.4, 0.5) is 10.5 Å². The van der Waals surface area contributed by atoms with Gasteiger partial charge in [0.2, 0.25) is 17.7 Å². The number of rotatable bonds is 9. The van der Waals surface area contributed by atoms with Crippen molar-refractivity contribution in [3.05, 3.63) is 75.8 Å². The molecule has 0 spiro atoms. The summed E-state index contributed by atoms with van der Waals surface area (Å²) in [5.41, 5.74) is 0.894. The molecule has 0 aliphatic carbocycles. The molecule has 3 heterocycles. The van der Waals surface area contributed by atoms with Gasteiger partial charge in [0.15, 0.2) is 0 Å². The first kappa shape index (κ1) is 30.8. The number of ether oxygens (including phenoxy) is 1. The van der Waals surface area contributed by atoms with E-state index in [2.05, 4.69) is 10.6 Å². The highest BCUT2D eigenvalue weighted by Crippen LogP contribution is 2.50. The van der Waals surface area contributed by atoms with E-state index in [0.717, 1.165) is 0 Å². The number of carbonyl (C=O) groups is 5. The summed E-state index contributed by atoms with van der Waals surface area (Å²) in [6, 6.07) is 9.89. The lowest BCUT2D eigenvalue weighted by molar-refractivity contribution is -0.384. The number of fused-ring (bicyclic) bond motifs is 1. The summed E-state index contributed by atoms with van der Waals surface area (Å²) in [6.45, 7) is 3.57. The molecule has 15 heteroatoms. The van der Waals surface area contributed by atoms with Crippen molar-refractivity contribution in [3.8, 4) is 0 Å². The molecule has 3 aliphatic rings. The zero-order valence-corrected chi connectivity index (χ0v) is 24.7. The summed E-state index contributed by atoms with van der Waals surface area (Å²) in [5, 5.41) is 25.4. The largest absolute Gasteiger partial charge is 0.480 e. The molecule has 3 N–H and O–H groups in total. The molecule has 0 saturated carbocycles. The van der Waals surface area contributed by atoms with Crippen LogP contribution >= 0.6 is 11.8 Å². The molecule has 0 bridgehead atoms. The Morgan fingerprint density at radius 3 is 2.45 bits per heavy atom. The van der Waals surface area contributed by atoms with Crippen LogP contribution in [0.25, 0.3) is 0 Å². The lowest BCUT2D eigenvalue weighted by Gasteiger charge is -2.44. The molecule has 0 aromatic heterocycles. The highest BCUT2D eigenvalue weighted by atomic mass is 32.2. The number of benzene rings is 2. The number of nitrogens with zero attached hydrogens (tertiary/aromatic N) is 3. The summed E-state index contributed by atoms with van der Waals surface area (Å²) >= 11 is 1.29. The van der Waals surface area contributed by atoms with Crippen molar-refractivity contribution in [1.82, 2.24) is 20.4 Å². The molecule has 3 fully saturated rings. The number of likely N-dealkylation sites (tertiary alicyclic amines) is 1. The molecule has 0 radical (unpaired) electrons. The van der Waals surface area contributed by atoms with Crippen LogP contribution < -0.4 is 10.6 Å². The summed E-state index contributed by atoms with van der Waals surface area (Å²) in [4.78, 5) is 77.7. The number of carbonyl (C=O) groups excluding carboxylic acids is 4. The number of hydrogen-bond donors (Lipinski definition) is 3. The number of nitrogens with one attached hydrogen (secondary N) is 2. The lowest BCUT2D eigenvalue weighted by atomic mass is 9.95. The van der Waals surface area contributed by atoms with Crippen molar-refractivity contribution in [2.75, 3.05) is 6.54 Å². The van der Waals surface area contributed by atoms with Crippen molar-refractivity contribution in [2.45, 2.75) is 67.6 Å². The topological polar surface area (TPSA) is 188 Å². The molecule has 44 heavy (non-hydrogen) atoms. The van der Waals surface area contributed by atoms with Crippen molar-refractivity contribution in [2.24, 2.45) is 0 Å². The molecular formula is C29H31N5O9S. The Hall–Kier alpha value is -4.66. The van der Waals surface area contributed by atoms with Crippen LogP contribution in [0.15, 0.2) is 54.6 Å². The second-order valence-corrected chi connectivity index (χ2v) is 13.0. The molecule has 232 valence electrons. The van der Waals surface area contributed by atoms with E-state index in [1.807, 2.05) is 0 Å². The van der Waals surface area contributed by atoms with Crippen LogP contribution in [0, 0.1) is 10.1 Å². The third-order valence-electron chi connectivity index (χ3n) is 7.95. The SMILES string of the molecule is CC1(C)S[C@@H]2[C@H](NC(=O)C(NC(=O)[C@@H]3CCCN3C(=O)OCc3ccc([N+](=O)[O-])cc3)c3ccccc3)C(=O)N2[C@H]1C(=O)O. The van der Waals surface area contributed by atoms with Gasteiger partial charge in [-0.05, 0) is 49.9 Å². The number of amides is 4. The smallest absolute Gasteiger partial charge is 0.410 e. The van der Waals surface area contributed by atoms with Gasteiger partial charge in [0.25, 0.3) is 5.69 Å². The summed E-state index contributed by atoms with van der Waals surface area (Å²) < 4.78 is 4.60. The predicted octanol–water partition coefficient (Wildman–Crippen LogP) is 2.19. The molecule has 14 nitrogen and oxygen atoms in total. The molecule has 2 aromatic rings. The second-order valence-electron chi connectivity index (χ2n) is 11.3. The first-order valence-corrected chi connectivity index (χ1v) is 14.8. The summed E-state index contributed by atoms with van der Waals surface area (Å²) in [6.07, 6.45) is 0.122. The highest BCUT2D eigenvalue weighted by molar-refractivity contribution is 8.01. The minimum atomic E-state index is -1.20. The van der Waals surface area contributed by atoms with Crippen molar-refractivity contribution >= 4 is 47.2 Å². The maximum atomic E-state index is 13.6. The number of aliphatic carboxylic acids is 1. The molecule has 1 unspecified atom stereocenters. The number of carboxylic acid groups (broad SMARTS) is 1. The monoisotopic (exact) mass is 625 g/mol. The van der Waals surface area contributed by atoms with Gasteiger partial charge in [-0.3, -0.25) is 29.4 Å². The zero-order valence-electron chi connectivity index (χ0n) is 23.9. The lowest BCUT2D eigenvalue weighted by Crippen LogP contribution is -2.71. The quantitative estimate of drug-likeness (QED) is 0.212. The Labute approximate surface area is 256 Å². The van der Waals surface area contributed by atoms with Crippen LogP contribution in [-0.4, -0.2) is 84.4 Å². The maximum absolute atomic E-state index is 13.6. The highest BCUT2D eigenvalue weighted by Gasteiger charge is 2.64. The molecule has 5 rings (SSSR count). The fourth-order valence-electron chi connectivity index (χ4n) is 5.77. The average molecular weight is 626 g/mol. The predicted molar refractivity (Wildman–Crippen MR) is 156 cm³/mol. The molecular weight excluding hydrogens is 594 g/mol. The number of hydrogen-bond acceptors (Lipinski definition) is 9. The summed E-state index contributed by atoms with van der Waals surface area (Å²) in [7, 11) is 0. The molecule has 3 saturated heterocycles. The van der Waals surface area contributed by atoms with Gasteiger partial charge in [-0.2, -0.15) is 0 Å². The van der Waals surface area contributed by atoms with Gasteiger partial charge in [-0.25, -0.2) is 9.59 Å². The van der Waals surface area contributed by atoms with E-state index in [1.165, 1.54) is 45.8 Å². The van der Waals surface area contributed by atoms with E-state index in [4.69, 9.17) is 4.74 Å². The fraction of sp³-hybridized carbons (Fsp3) is 0.414. The van der Waals surface area contributed by atoms with E-state index in [0.29, 0.717) is 24.0 Å². The van der Waals surface area contributed by atoms with E-state index in [9.17, 15) is 39.2 Å². The van der Waals surface area contributed by atoms with Crippen LogP contribution in [0.3, 0.4) is 0 Å². The van der Waals surface area contributed by atoms with Gasteiger partial charge < -0.3 is 25.4 Å². The molecule has 5 atom stereocenters. The van der Waals surface area contributed by atoms with Gasteiger partial charge in [0.1, 0.15) is 36.1 Å². The van der Waals surface area contributed by atoms with Crippen LogP contribution in [0.2, 0.25) is 0 Å². The van der Waals surface area contributed by atoms with E-state index in [-0.39, 0.29) is 18.8 Å². The molecule has 3 aliphatic heterocycles. The van der Waals surface area contributed by atoms with Gasteiger partial charge >= 0.3 is 12.1 Å². The number of nitro groups is 1.